The molecule has 1 fully saturated rings. The molecule has 1 N–H and O–H groups in total. The fourth-order valence-electron chi connectivity index (χ4n) is 2.57. The van der Waals surface area contributed by atoms with Crippen molar-refractivity contribution in [2.75, 3.05) is 13.2 Å². The van der Waals surface area contributed by atoms with Crippen molar-refractivity contribution in [2.24, 2.45) is 5.92 Å². The topological polar surface area (TPSA) is 51.2 Å². The number of hydrogen-bond donors (Lipinski definition) is 1. The van der Waals surface area contributed by atoms with E-state index in [2.05, 4.69) is 17.2 Å². The fraction of sp³-hybridized carbons (Fsp3) is 0.625. The average Bonchev–Trinajstić information content (AvgIpc) is 2.47. The van der Waals surface area contributed by atoms with Crippen LogP contribution in [-0.4, -0.2) is 30.1 Å². The molecule has 21 heavy (non-hydrogen) atoms. The maximum atomic E-state index is 12.4. The summed E-state index contributed by atoms with van der Waals surface area (Å²) in [4.78, 5) is 16.6. The molecular weight excluding hydrogens is 288 g/mol. The van der Waals surface area contributed by atoms with E-state index in [9.17, 15) is 4.79 Å². The molecule has 0 spiro atoms. The van der Waals surface area contributed by atoms with Crippen molar-refractivity contribution >= 4 is 17.5 Å². The third-order valence-electron chi connectivity index (χ3n) is 4.00. The highest BCUT2D eigenvalue weighted by Crippen LogP contribution is 2.20. The highest BCUT2D eigenvalue weighted by atomic mass is 35.5. The van der Waals surface area contributed by atoms with Crippen LogP contribution in [0.15, 0.2) is 12.1 Å². The van der Waals surface area contributed by atoms with E-state index in [1.54, 1.807) is 6.07 Å². The first-order valence-corrected chi connectivity index (χ1v) is 7.91. The lowest BCUT2D eigenvalue weighted by Gasteiger charge is -2.28. The SMILES string of the molecule is CC(C)c1cc(C(=O)NC(C)C2CCOCC2)cc(Cl)n1. The van der Waals surface area contributed by atoms with E-state index < -0.39 is 0 Å². The summed E-state index contributed by atoms with van der Waals surface area (Å²) in [6, 6.07) is 3.58. The zero-order chi connectivity index (χ0) is 15.4. The van der Waals surface area contributed by atoms with Gasteiger partial charge < -0.3 is 10.1 Å². The van der Waals surface area contributed by atoms with Crippen LogP contribution in [0, 0.1) is 5.92 Å². The van der Waals surface area contributed by atoms with Crippen molar-refractivity contribution in [1.29, 1.82) is 0 Å². The van der Waals surface area contributed by atoms with E-state index in [4.69, 9.17) is 16.3 Å². The molecule has 5 heteroatoms. The monoisotopic (exact) mass is 310 g/mol. The number of nitrogens with one attached hydrogen (secondary N) is 1. The van der Waals surface area contributed by atoms with Gasteiger partial charge in [0, 0.05) is 30.5 Å². The molecule has 1 aliphatic heterocycles. The Morgan fingerprint density at radius 2 is 2.00 bits per heavy atom. The lowest BCUT2D eigenvalue weighted by Crippen LogP contribution is -2.40. The van der Waals surface area contributed by atoms with E-state index >= 15 is 0 Å². The van der Waals surface area contributed by atoms with Crippen LogP contribution in [0.3, 0.4) is 0 Å². The number of ether oxygens (including phenoxy) is 1. The number of amides is 1. The smallest absolute Gasteiger partial charge is 0.251 e. The van der Waals surface area contributed by atoms with Gasteiger partial charge in [-0.2, -0.15) is 0 Å². The summed E-state index contributed by atoms with van der Waals surface area (Å²) in [5.74, 6) is 0.632. The Labute approximate surface area is 131 Å². The average molecular weight is 311 g/mol. The third-order valence-corrected chi connectivity index (χ3v) is 4.19. The molecule has 0 saturated carbocycles. The van der Waals surface area contributed by atoms with Gasteiger partial charge in [-0.15, -0.1) is 0 Å². The molecule has 0 aliphatic carbocycles. The molecule has 116 valence electrons. The molecule has 1 atom stereocenters. The van der Waals surface area contributed by atoms with Crippen LogP contribution in [0.4, 0.5) is 0 Å². The van der Waals surface area contributed by atoms with Crippen LogP contribution < -0.4 is 5.32 Å². The Kier molecular flexibility index (Phi) is 5.59. The van der Waals surface area contributed by atoms with Crippen molar-refractivity contribution in [3.05, 3.63) is 28.5 Å². The number of halogens is 1. The predicted molar refractivity (Wildman–Crippen MR) is 83.8 cm³/mol. The zero-order valence-electron chi connectivity index (χ0n) is 12.9. The van der Waals surface area contributed by atoms with Crippen LogP contribution in [0.5, 0.6) is 0 Å². The van der Waals surface area contributed by atoms with E-state index in [1.165, 1.54) is 0 Å². The van der Waals surface area contributed by atoms with E-state index in [0.29, 0.717) is 16.6 Å². The number of rotatable bonds is 4. The zero-order valence-corrected chi connectivity index (χ0v) is 13.6. The summed E-state index contributed by atoms with van der Waals surface area (Å²) in [6.07, 6.45) is 1.99. The number of aromatic nitrogens is 1. The largest absolute Gasteiger partial charge is 0.381 e. The van der Waals surface area contributed by atoms with E-state index in [0.717, 1.165) is 31.7 Å². The molecular formula is C16H23ClN2O2. The lowest BCUT2D eigenvalue weighted by molar-refractivity contribution is 0.0538. The minimum atomic E-state index is -0.0832. The van der Waals surface area contributed by atoms with Gasteiger partial charge in [0.25, 0.3) is 5.91 Å². The second-order valence-electron chi connectivity index (χ2n) is 5.97. The first kappa shape index (κ1) is 16.2. The second kappa shape index (κ2) is 7.23. The van der Waals surface area contributed by atoms with Crippen molar-refractivity contribution < 1.29 is 9.53 Å². The number of carbonyl (C=O) groups excluding carboxylic acids is 1. The molecule has 1 saturated heterocycles. The first-order valence-electron chi connectivity index (χ1n) is 7.53. The lowest BCUT2D eigenvalue weighted by atomic mass is 9.92. The number of pyridine rings is 1. The highest BCUT2D eigenvalue weighted by molar-refractivity contribution is 6.29. The Balaban J connectivity index is 2.05. The summed E-state index contributed by atoms with van der Waals surface area (Å²) in [5.41, 5.74) is 1.42. The maximum absolute atomic E-state index is 12.4. The van der Waals surface area contributed by atoms with Gasteiger partial charge in [0.2, 0.25) is 0 Å². The van der Waals surface area contributed by atoms with Crippen molar-refractivity contribution in [2.45, 2.75) is 45.6 Å². The van der Waals surface area contributed by atoms with Crippen LogP contribution in [-0.2, 0) is 4.74 Å². The molecule has 2 rings (SSSR count). The van der Waals surface area contributed by atoms with E-state index in [-0.39, 0.29) is 17.9 Å². The molecule has 1 amide bonds. The Morgan fingerprint density at radius 3 is 2.62 bits per heavy atom. The normalized spacial score (nSPS) is 17.8. The minimum absolute atomic E-state index is 0.0832. The molecule has 1 aliphatic rings. The van der Waals surface area contributed by atoms with Gasteiger partial charge in [0.05, 0.1) is 0 Å². The standard InChI is InChI=1S/C16H23ClN2O2/c1-10(2)14-8-13(9-15(17)19-14)16(20)18-11(3)12-4-6-21-7-5-12/h8-12H,4-7H2,1-3H3,(H,18,20). The van der Waals surface area contributed by atoms with Crippen LogP contribution in [0.25, 0.3) is 0 Å². The van der Waals surface area contributed by atoms with Crippen LogP contribution in [0.1, 0.15) is 55.6 Å². The quantitative estimate of drug-likeness (QED) is 0.867. The van der Waals surface area contributed by atoms with Gasteiger partial charge in [-0.1, -0.05) is 25.4 Å². The summed E-state index contributed by atoms with van der Waals surface area (Å²) in [5, 5.41) is 3.44. The molecule has 1 aromatic rings. The van der Waals surface area contributed by atoms with Crippen molar-refractivity contribution in [1.82, 2.24) is 10.3 Å². The highest BCUT2D eigenvalue weighted by Gasteiger charge is 2.22. The van der Waals surface area contributed by atoms with Crippen molar-refractivity contribution in [3.8, 4) is 0 Å². The van der Waals surface area contributed by atoms with Gasteiger partial charge in [-0.05, 0) is 43.7 Å². The minimum Gasteiger partial charge on any atom is -0.381 e. The summed E-state index contributed by atoms with van der Waals surface area (Å²) in [7, 11) is 0. The summed E-state index contributed by atoms with van der Waals surface area (Å²) >= 11 is 6.02. The number of carbonyl (C=O) groups is 1. The molecule has 4 nitrogen and oxygen atoms in total. The number of hydrogen-bond acceptors (Lipinski definition) is 3. The molecule has 2 heterocycles. The first-order chi connectivity index (χ1) is 9.97. The maximum Gasteiger partial charge on any atom is 0.251 e. The summed E-state index contributed by atoms with van der Waals surface area (Å²) in [6.45, 7) is 7.68. The van der Waals surface area contributed by atoms with Gasteiger partial charge in [-0.3, -0.25) is 4.79 Å². The summed E-state index contributed by atoms with van der Waals surface area (Å²) < 4.78 is 5.36. The second-order valence-corrected chi connectivity index (χ2v) is 6.36. The number of nitrogens with zero attached hydrogens (tertiary/aromatic N) is 1. The van der Waals surface area contributed by atoms with Crippen molar-refractivity contribution in [3.63, 3.8) is 0 Å². The Hall–Kier alpha value is -1.13. The third kappa shape index (κ3) is 4.42. The molecule has 1 unspecified atom stereocenters. The van der Waals surface area contributed by atoms with Gasteiger partial charge in [-0.25, -0.2) is 4.98 Å². The Morgan fingerprint density at radius 1 is 1.33 bits per heavy atom. The Bertz CT molecular complexity index is 499. The van der Waals surface area contributed by atoms with E-state index in [1.807, 2.05) is 19.9 Å². The fourth-order valence-corrected chi connectivity index (χ4v) is 2.78. The van der Waals surface area contributed by atoms with Gasteiger partial charge in [0.15, 0.2) is 0 Å². The van der Waals surface area contributed by atoms with Crippen LogP contribution in [0.2, 0.25) is 5.15 Å². The molecule has 1 aromatic heterocycles. The van der Waals surface area contributed by atoms with Gasteiger partial charge in [0.1, 0.15) is 5.15 Å². The molecule has 0 bridgehead atoms. The van der Waals surface area contributed by atoms with Crippen LogP contribution >= 0.6 is 11.6 Å². The molecule has 0 radical (unpaired) electrons. The van der Waals surface area contributed by atoms with Gasteiger partial charge >= 0.3 is 0 Å². The molecule has 0 aromatic carbocycles. The predicted octanol–water partition coefficient (Wildman–Crippen LogP) is 3.40.